The predicted molar refractivity (Wildman–Crippen MR) is 103 cm³/mol. The van der Waals surface area contributed by atoms with Crippen LogP contribution in [0.25, 0.3) is 11.0 Å². The van der Waals surface area contributed by atoms with Crippen molar-refractivity contribution >= 4 is 23.9 Å². The molecule has 7 heteroatoms. The van der Waals surface area contributed by atoms with Crippen molar-refractivity contribution in [1.82, 2.24) is 0 Å². The normalized spacial score (nSPS) is 16.2. The van der Waals surface area contributed by atoms with E-state index in [0.717, 1.165) is 12.2 Å². The van der Waals surface area contributed by atoms with Crippen LogP contribution >= 0.6 is 0 Å². The number of halogens is 4. The van der Waals surface area contributed by atoms with Crippen molar-refractivity contribution in [3.8, 4) is 0 Å². The average Bonchev–Trinajstić information content (AvgIpc) is 2.54. The molecule has 1 aromatic heterocycles. The molecule has 1 aromatic carbocycles. The zero-order valence-corrected chi connectivity index (χ0v) is 16.1. The third-order valence-electron chi connectivity index (χ3n) is 5.12. The Bertz CT molecular complexity index is 827. The Morgan fingerprint density at radius 3 is 2.33 bits per heavy atom. The fraction of sp³-hybridized carbons (Fsp3) is 0.550. The second-order valence-corrected chi connectivity index (χ2v) is 7.92. The van der Waals surface area contributed by atoms with Gasteiger partial charge in [-0.15, -0.1) is 0 Å². The molecule has 0 amide bonds. The van der Waals surface area contributed by atoms with Gasteiger partial charge in [-0.2, -0.15) is 0 Å². The van der Waals surface area contributed by atoms with Gasteiger partial charge in [-0.1, -0.05) is 13.8 Å². The van der Waals surface area contributed by atoms with E-state index in [1.54, 1.807) is 5.56 Å². The molecular formula is C20H26BF4NO. The Labute approximate surface area is 157 Å². The largest absolute Gasteiger partial charge is 0.673 e. The molecular weight excluding hydrogens is 357 g/mol. The molecule has 0 spiro atoms. The second-order valence-electron chi connectivity index (χ2n) is 7.92. The number of nitrogens with zero attached hydrogens (tertiary/aromatic N) is 1. The molecule has 0 fully saturated rings. The van der Waals surface area contributed by atoms with Gasteiger partial charge >= 0.3 is 18.6 Å². The summed E-state index contributed by atoms with van der Waals surface area (Å²) in [5.41, 5.74) is 7.07. The molecule has 2 aliphatic heterocycles. The smallest absolute Gasteiger partial charge is 0.418 e. The summed E-state index contributed by atoms with van der Waals surface area (Å²) < 4.78 is 45.4. The molecule has 0 aliphatic carbocycles. The van der Waals surface area contributed by atoms with E-state index in [-0.39, 0.29) is 0 Å². The first kappa shape index (κ1) is 20.0. The maximum Gasteiger partial charge on any atom is 0.673 e. The monoisotopic (exact) mass is 383 g/mol. The van der Waals surface area contributed by atoms with E-state index >= 15 is 0 Å². The molecule has 4 rings (SSSR count). The third kappa shape index (κ3) is 4.74. The molecule has 0 unspecified atom stereocenters. The number of hydrogen-bond acceptors (Lipinski definition) is 1. The van der Waals surface area contributed by atoms with Crippen molar-refractivity contribution in [1.29, 1.82) is 0 Å². The van der Waals surface area contributed by atoms with Crippen LogP contribution < -0.4 is 4.90 Å². The first-order chi connectivity index (χ1) is 12.6. The standard InChI is InChI=1S/C20H26NO.BF4/c1-13(2)10-16-11-14(3)18-12-15-6-4-8-21-9-5-7-17(19(15)21)20(18)22-16;2-1(3,4)5/h11-13H,4-10H2,1-3H3;/q+1;-1. The van der Waals surface area contributed by atoms with Crippen molar-refractivity contribution < 1.29 is 21.7 Å². The van der Waals surface area contributed by atoms with E-state index in [0.29, 0.717) is 5.92 Å². The van der Waals surface area contributed by atoms with Crippen LogP contribution in [0.5, 0.6) is 0 Å². The lowest BCUT2D eigenvalue weighted by atomic mass is 9.89. The van der Waals surface area contributed by atoms with E-state index in [2.05, 4.69) is 37.8 Å². The molecule has 27 heavy (non-hydrogen) atoms. The molecule has 0 radical (unpaired) electrons. The van der Waals surface area contributed by atoms with Crippen LogP contribution in [0, 0.1) is 12.8 Å². The minimum atomic E-state index is -6.00. The highest BCUT2D eigenvalue weighted by atomic mass is 19.5. The molecule has 2 aromatic rings. The van der Waals surface area contributed by atoms with E-state index in [1.807, 2.05) is 0 Å². The van der Waals surface area contributed by atoms with E-state index < -0.39 is 7.25 Å². The minimum absolute atomic E-state index is 0.631. The van der Waals surface area contributed by atoms with Crippen LogP contribution in [0.2, 0.25) is 0 Å². The van der Waals surface area contributed by atoms with Crippen molar-refractivity contribution in [2.45, 2.75) is 52.9 Å². The molecule has 0 atom stereocenters. The summed E-state index contributed by atoms with van der Waals surface area (Å²) in [7, 11) is -6.00. The van der Waals surface area contributed by atoms with Gasteiger partial charge in [-0.3, -0.25) is 0 Å². The summed E-state index contributed by atoms with van der Waals surface area (Å²) in [6.07, 6.45) is 5.97. The molecule has 148 valence electrons. The zero-order valence-electron chi connectivity index (χ0n) is 16.1. The quantitative estimate of drug-likeness (QED) is 0.347. The molecule has 0 N–H and O–H groups in total. The number of rotatable bonds is 2. The Morgan fingerprint density at radius 2 is 1.70 bits per heavy atom. The Morgan fingerprint density at radius 1 is 1.07 bits per heavy atom. The summed E-state index contributed by atoms with van der Waals surface area (Å²) in [5, 5.41) is 1.34. The van der Waals surface area contributed by atoms with Crippen LogP contribution in [0.15, 0.2) is 16.5 Å². The van der Waals surface area contributed by atoms with Gasteiger partial charge in [0.15, 0.2) is 0 Å². The van der Waals surface area contributed by atoms with Crippen molar-refractivity contribution in [3.63, 3.8) is 0 Å². The second kappa shape index (κ2) is 7.68. The van der Waals surface area contributed by atoms with E-state index in [9.17, 15) is 17.3 Å². The number of anilines is 1. The predicted octanol–water partition coefficient (Wildman–Crippen LogP) is 6.22. The molecule has 0 saturated heterocycles. The van der Waals surface area contributed by atoms with Crippen LogP contribution in [0.4, 0.5) is 23.0 Å². The Balaban J connectivity index is 0.000000376. The first-order valence-electron chi connectivity index (χ1n) is 9.67. The lowest BCUT2D eigenvalue weighted by Gasteiger charge is -2.35. The van der Waals surface area contributed by atoms with Gasteiger partial charge in [-0.05, 0) is 55.7 Å². The molecule has 3 heterocycles. The van der Waals surface area contributed by atoms with Gasteiger partial charge in [-0.25, -0.2) is 4.42 Å². The van der Waals surface area contributed by atoms with E-state index in [4.69, 9.17) is 4.42 Å². The zero-order chi connectivity index (χ0) is 19.8. The highest BCUT2D eigenvalue weighted by molar-refractivity contribution is 6.50. The van der Waals surface area contributed by atoms with Gasteiger partial charge in [0.2, 0.25) is 0 Å². The number of aryl methyl sites for hydroxylation is 3. The van der Waals surface area contributed by atoms with Gasteiger partial charge in [0, 0.05) is 19.2 Å². The van der Waals surface area contributed by atoms with Crippen molar-refractivity contribution in [2.24, 2.45) is 5.92 Å². The maximum absolute atomic E-state index is 9.75. The first-order valence-corrected chi connectivity index (χ1v) is 9.67. The van der Waals surface area contributed by atoms with Crippen LogP contribution in [0.1, 0.15) is 49.1 Å². The Hall–Kier alpha value is -1.79. The van der Waals surface area contributed by atoms with Crippen LogP contribution in [-0.4, -0.2) is 20.3 Å². The summed E-state index contributed by atoms with van der Waals surface area (Å²) >= 11 is 0. The van der Waals surface area contributed by atoms with Gasteiger partial charge < -0.3 is 22.2 Å². The third-order valence-corrected chi connectivity index (χ3v) is 5.12. The number of benzene rings is 1. The van der Waals surface area contributed by atoms with Gasteiger partial charge in [0.1, 0.15) is 0 Å². The highest BCUT2D eigenvalue weighted by Gasteiger charge is 2.31. The maximum atomic E-state index is 9.75. The van der Waals surface area contributed by atoms with Crippen molar-refractivity contribution in [2.75, 3.05) is 18.0 Å². The van der Waals surface area contributed by atoms with Gasteiger partial charge in [0.05, 0.1) is 23.1 Å². The number of hydrogen-bond donors (Lipinski definition) is 0. The summed E-state index contributed by atoms with van der Waals surface area (Å²) in [4.78, 5) is 2.59. The molecule has 2 nitrogen and oxygen atoms in total. The molecule has 0 saturated carbocycles. The lowest BCUT2D eigenvalue weighted by Crippen LogP contribution is -2.34. The SMILES string of the molecule is Cc1cc(CC(C)C)[o+]c2c3c4c(cc12)CCCN4CCC3.F[B-](F)(F)F. The summed E-state index contributed by atoms with van der Waals surface area (Å²) in [6.45, 7) is 9.19. The fourth-order valence-corrected chi connectivity index (χ4v) is 4.22. The van der Waals surface area contributed by atoms with Crippen molar-refractivity contribution in [3.05, 3.63) is 34.6 Å². The van der Waals surface area contributed by atoms with E-state index in [1.165, 1.54) is 66.6 Å². The molecule has 2 aliphatic rings. The van der Waals surface area contributed by atoms with Gasteiger partial charge in [0.25, 0.3) is 0 Å². The van der Waals surface area contributed by atoms with Crippen LogP contribution in [0.3, 0.4) is 0 Å². The minimum Gasteiger partial charge on any atom is -0.418 e. The van der Waals surface area contributed by atoms with Crippen LogP contribution in [-0.2, 0) is 19.3 Å². The molecule has 0 bridgehead atoms. The number of fused-ring (bicyclic) bond motifs is 2. The fourth-order valence-electron chi connectivity index (χ4n) is 4.22. The lowest BCUT2D eigenvalue weighted by molar-refractivity contribution is 0.368. The topological polar surface area (TPSA) is 14.5 Å². The highest BCUT2D eigenvalue weighted by Crippen LogP contribution is 2.41. The summed E-state index contributed by atoms with van der Waals surface area (Å²) in [5.74, 6) is 1.77. The summed E-state index contributed by atoms with van der Waals surface area (Å²) in [6, 6.07) is 4.66. The Kier molecular flexibility index (Phi) is 5.68. The average molecular weight is 383 g/mol.